The lowest BCUT2D eigenvalue weighted by Gasteiger charge is -2.21. The van der Waals surface area contributed by atoms with Gasteiger partial charge in [-0.3, -0.25) is 19.3 Å². The molecule has 2 aliphatic rings. The van der Waals surface area contributed by atoms with Gasteiger partial charge in [-0.25, -0.2) is 0 Å². The summed E-state index contributed by atoms with van der Waals surface area (Å²) in [4.78, 5) is 38.5. The minimum Gasteiger partial charge on any atom is -0.486 e. The molecule has 0 aromatic heterocycles. The van der Waals surface area contributed by atoms with E-state index in [1.54, 1.807) is 18.2 Å². The van der Waals surface area contributed by atoms with E-state index in [0.29, 0.717) is 35.8 Å². The predicted octanol–water partition coefficient (Wildman–Crippen LogP) is 2.63. The Morgan fingerprint density at radius 3 is 2.55 bits per heavy atom. The molecule has 3 amide bonds. The number of fused-ring (bicyclic) bond motifs is 2. The number of ether oxygens (including phenoxy) is 2. The van der Waals surface area contributed by atoms with Gasteiger partial charge in [-0.1, -0.05) is 17.7 Å². The maximum absolute atomic E-state index is 12.5. The van der Waals surface area contributed by atoms with E-state index >= 15 is 0 Å². The van der Waals surface area contributed by atoms with Crippen LogP contribution in [0.15, 0.2) is 36.4 Å². The first-order valence-corrected chi connectivity index (χ1v) is 9.60. The molecular weight excluding hydrogens is 372 g/mol. The van der Waals surface area contributed by atoms with Crippen molar-refractivity contribution in [3.63, 3.8) is 0 Å². The summed E-state index contributed by atoms with van der Waals surface area (Å²) in [5.74, 6) is 0.426. The van der Waals surface area contributed by atoms with Crippen molar-refractivity contribution in [3.05, 3.63) is 58.7 Å². The summed E-state index contributed by atoms with van der Waals surface area (Å²) in [7, 11) is 0. The molecule has 0 saturated heterocycles. The van der Waals surface area contributed by atoms with Crippen LogP contribution < -0.4 is 14.8 Å². The minimum absolute atomic E-state index is 0.0410. The minimum atomic E-state index is -0.349. The number of nitrogens with zero attached hydrogens (tertiary/aromatic N) is 1. The Morgan fingerprint density at radius 1 is 1.03 bits per heavy atom. The molecule has 2 aliphatic heterocycles. The van der Waals surface area contributed by atoms with Crippen LogP contribution in [0.1, 0.15) is 51.2 Å². The van der Waals surface area contributed by atoms with Crippen molar-refractivity contribution in [3.8, 4) is 11.5 Å². The van der Waals surface area contributed by atoms with Crippen molar-refractivity contribution < 1.29 is 23.9 Å². The maximum Gasteiger partial charge on any atom is 0.261 e. The van der Waals surface area contributed by atoms with Crippen LogP contribution in [0.4, 0.5) is 0 Å². The van der Waals surface area contributed by atoms with Gasteiger partial charge in [-0.2, -0.15) is 0 Å². The van der Waals surface area contributed by atoms with Crippen LogP contribution in [-0.2, 0) is 4.79 Å². The summed E-state index contributed by atoms with van der Waals surface area (Å²) in [5.41, 5.74) is 2.60. The summed E-state index contributed by atoms with van der Waals surface area (Å²) < 4.78 is 11.1. The van der Waals surface area contributed by atoms with Crippen LogP contribution in [0.5, 0.6) is 11.5 Å². The van der Waals surface area contributed by atoms with Gasteiger partial charge in [0.1, 0.15) is 13.2 Å². The molecule has 0 saturated carbocycles. The van der Waals surface area contributed by atoms with Crippen LogP contribution in [0, 0.1) is 6.92 Å². The fourth-order valence-corrected chi connectivity index (χ4v) is 3.55. The third kappa shape index (κ3) is 3.68. The molecule has 29 heavy (non-hydrogen) atoms. The second-order valence-corrected chi connectivity index (χ2v) is 7.25. The molecule has 0 aliphatic carbocycles. The van der Waals surface area contributed by atoms with Crippen LogP contribution in [0.2, 0.25) is 0 Å². The molecule has 2 aromatic rings. The number of hydrogen-bond donors (Lipinski definition) is 1. The monoisotopic (exact) mass is 394 g/mol. The number of imide groups is 1. The van der Waals surface area contributed by atoms with Crippen LogP contribution >= 0.6 is 0 Å². The lowest BCUT2D eigenvalue weighted by atomic mass is 10.1. The molecule has 0 fully saturated rings. The molecular formula is C22H22N2O5. The van der Waals surface area contributed by atoms with E-state index in [1.165, 1.54) is 0 Å². The first kappa shape index (κ1) is 19.0. The maximum atomic E-state index is 12.5. The molecule has 7 heteroatoms. The fourth-order valence-electron chi connectivity index (χ4n) is 3.55. The van der Waals surface area contributed by atoms with E-state index in [-0.39, 0.29) is 36.7 Å². The molecule has 4 rings (SSSR count). The van der Waals surface area contributed by atoms with Crippen molar-refractivity contribution in [2.24, 2.45) is 0 Å². The molecule has 0 bridgehead atoms. The number of amides is 3. The zero-order chi connectivity index (χ0) is 20.5. The average molecular weight is 394 g/mol. The Kier molecular flexibility index (Phi) is 4.96. The Labute approximate surface area is 168 Å². The van der Waals surface area contributed by atoms with Gasteiger partial charge >= 0.3 is 0 Å². The smallest absolute Gasteiger partial charge is 0.261 e. The molecule has 1 N–H and O–H groups in total. The first-order valence-electron chi connectivity index (χ1n) is 9.60. The van der Waals surface area contributed by atoms with Gasteiger partial charge in [-0.05, 0) is 43.7 Å². The van der Waals surface area contributed by atoms with Crippen molar-refractivity contribution in [1.82, 2.24) is 10.2 Å². The third-order valence-corrected chi connectivity index (χ3v) is 5.13. The second kappa shape index (κ2) is 7.58. The van der Waals surface area contributed by atoms with Gasteiger partial charge in [0.2, 0.25) is 5.91 Å². The van der Waals surface area contributed by atoms with Crippen LogP contribution in [0.3, 0.4) is 0 Å². The van der Waals surface area contributed by atoms with E-state index < -0.39 is 0 Å². The van der Waals surface area contributed by atoms with Crippen LogP contribution in [-0.4, -0.2) is 42.4 Å². The number of aryl methyl sites for hydroxylation is 1. The highest BCUT2D eigenvalue weighted by Gasteiger charge is 2.35. The molecule has 0 unspecified atom stereocenters. The Bertz CT molecular complexity index is 1000. The number of hydrogen-bond acceptors (Lipinski definition) is 5. The standard InChI is InChI=1S/C22H22N2O5/c1-13-3-5-16-17(11-13)22(27)24(21(16)26)8-7-20(25)23-14(2)15-4-6-18-19(12-15)29-10-9-28-18/h3-6,11-12,14H,7-10H2,1-2H3,(H,23,25)/t14-/m1/s1. The van der Waals surface area contributed by atoms with Gasteiger partial charge in [0.15, 0.2) is 11.5 Å². The van der Waals surface area contributed by atoms with E-state index in [0.717, 1.165) is 16.0 Å². The fraction of sp³-hybridized carbons (Fsp3) is 0.318. The van der Waals surface area contributed by atoms with Crippen LogP contribution in [0.25, 0.3) is 0 Å². The average Bonchev–Trinajstić information content (AvgIpc) is 2.95. The number of benzene rings is 2. The van der Waals surface area contributed by atoms with Crippen molar-refractivity contribution in [2.45, 2.75) is 26.3 Å². The zero-order valence-electron chi connectivity index (χ0n) is 16.4. The Morgan fingerprint density at radius 2 is 1.76 bits per heavy atom. The van der Waals surface area contributed by atoms with E-state index in [1.807, 2.05) is 32.0 Å². The van der Waals surface area contributed by atoms with Gasteiger partial charge in [-0.15, -0.1) is 0 Å². The van der Waals surface area contributed by atoms with Crippen molar-refractivity contribution in [2.75, 3.05) is 19.8 Å². The topological polar surface area (TPSA) is 84.9 Å². The highest BCUT2D eigenvalue weighted by molar-refractivity contribution is 6.21. The molecule has 2 aromatic carbocycles. The van der Waals surface area contributed by atoms with Gasteiger partial charge < -0.3 is 14.8 Å². The van der Waals surface area contributed by atoms with E-state index in [9.17, 15) is 14.4 Å². The summed E-state index contributed by atoms with van der Waals surface area (Å²) in [5, 5.41) is 2.90. The van der Waals surface area contributed by atoms with E-state index in [4.69, 9.17) is 9.47 Å². The Hall–Kier alpha value is -3.35. The number of carbonyl (C=O) groups is 3. The van der Waals surface area contributed by atoms with Crippen molar-refractivity contribution in [1.29, 1.82) is 0 Å². The highest BCUT2D eigenvalue weighted by Crippen LogP contribution is 2.32. The lowest BCUT2D eigenvalue weighted by molar-refractivity contribution is -0.121. The summed E-state index contributed by atoms with van der Waals surface area (Å²) >= 11 is 0. The molecule has 0 radical (unpaired) electrons. The lowest BCUT2D eigenvalue weighted by Crippen LogP contribution is -2.35. The summed E-state index contributed by atoms with van der Waals surface area (Å²) in [6.45, 7) is 4.81. The summed E-state index contributed by atoms with van der Waals surface area (Å²) in [6, 6.07) is 10.5. The largest absolute Gasteiger partial charge is 0.486 e. The Balaban J connectivity index is 1.36. The number of rotatable bonds is 5. The van der Waals surface area contributed by atoms with Gasteiger partial charge in [0, 0.05) is 13.0 Å². The number of nitrogens with one attached hydrogen (secondary N) is 1. The van der Waals surface area contributed by atoms with Crippen molar-refractivity contribution >= 4 is 17.7 Å². The summed E-state index contributed by atoms with van der Waals surface area (Å²) in [6.07, 6.45) is 0.0410. The quantitative estimate of drug-likeness (QED) is 0.788. The molecule has 150 valence electrons. The zero-order valence-corrected chi connectivity index (χ0v) is 16.4. The molecule has 2 heterocycles. The van der Waals surface area contributed by atoms with E-state index in [2.05, 4.69) is 5.32 Å². The highest BCUT2D eigenvalue weighted by atomic mass is 16.6. The third-order valence-electron chi connectivity index (χ3n) is 5.13. The molecule has 0 spiro atoms. The molecule has 7 nitrogen and oxygen atoms in total. The molecule has 1 atom stereocenters. The first-order chi connectivity index (χ1) is 13.9. The SMILES string of the molecule is Cc1ccc2c(c1)C(=O)N(CCC(=O)N[C@H](C)c1ccc3c(c1)OCCO3)C2=O. The normalized spacial score (nSPS) is 15.9. The second-order valence-electron chi connectivity index (χ2n) is 7.25. The van der Waals surface area contributed by atoms with Gasteiger partial charge in [0.25, 0.3) is 11.8 Å². The van der Waals surface area contributed by atoms with Gasteiger partial charge in [0.05, 0.1) is 17.2 Å². The predicted molar refractivity (Wildman–Crippen MR) is 105 cm³/mol. The number of carbonyl (C=O) groups excluding carboxylic acids is 3.